The standard InChI is InChI=1S/C29H32O6/c1-4-32-12-14-34-26-17-24(28(30)22-9-7-6-8-20(22)26)25-18-27(35-15-13-33-5-2)21-11-10-19(3)16-23(21)29(25)31/h6-11,16-18,30-31H,4-5,12-15H2,1-3H3. The number of aryl methyl sites for hydroxylation is 1. The summed E-state index contributed by atoms with van der Waals surface area (Å²) in [5.74, 6) is 1.36. The molecule has 0 aliphatic rings. The van der Waals surface area contributed by atoms with Crippen LogP contribution in [0.4, 0.5) is 0 Å². The number of hydrogen-bond donors (Lipinski definition) is 2. The van der Waals surface area contributed by atoms with E-state index in [0.29, 0.717) is 73.0 Å². The lowest BCUT2D eigenvalue weighted by Crippen LogP contribution is -2.07. The number of ether oxygens (including phenoxy) is 4. The van der Waals surface area contributed by atoms with Crippen LogP contribution in [-0.4, -0.2) is 49.9 Å². The van der Waals surface area contributed by atoms with Gasteiger partial charge in [-0.3, -0.25) is 0 Å². The molecule has 0 radical (unpaired) electrons. The molecule has 35 heavy (non-hydrogen) atoms. The Morgan fingerprint density at radius 3 is 1.69 bits per heavy atom. The van der Waals surface area contributed by atoms with Crippen molar-refractivity contribution in [1.82, 2.24) is 0 Å². The zero-order chi connectivity index (χ0) is 24.8. The van der Waals surface area contributed by atoms with Crippen LogP contribution in [0, 0.1) is 6.92 Å². The molecule has 6 heteroatoms. The van der Waals surface area contributed by atoms with Gasteiger partial charge in [-0.05, 0) is 39.0 Å². The van der Waals surface area contributed by atoms with Gasteiger partial charge >= 0.3 is 0 Å². The second-order valence-corrected chi connectivity index (χ2v) is 8.23. The van der Waals surface area contributed by atoms with Gasteiger partial charge in [-0.2, -0.15) is 0 Å². The lowest BCUT2D eigenvalue weighted by molar-refractivity contribution is 0.110. The number of phenols is 2. The summed E-state index contributed by atoms with van der Waals surface area (Å²) >= 11 is 0. The first-order valence-corrected chi connectivity index (χ1v) is 12.0. The van der Waals surface area contributed by atoms with Crippen LogP contribution in [0.5, 0.6) is 23.0 Å². The third kappa shape index (κ3) is 5.29. The number of fused-ring (bicyclic) bond motifs is 2. The molecular formula is C29H32O6. The van der Waals surface area contributed by atoms with Gasteiger partial charge in [-0.25, -0.2) is 0 Å². The highest BCUT2D eigenvalue weighted by atomic mass is 16.5. The monoisotopic (exact) mass is 476 g/mol. The molecule has 4 rings (SSSR count). The molecule has 0 amide bonds. The SMILES string of the molecule is CCOCCOc1cc(-c2cc(OCCOCC)c3ccc(C)cc3c2O)c(O)c2ccccc12. The van der Waals surface area contributed by atoms with Crippen molar-refractivity contribution in [1.29, 1.82) is 0 Å². The van der Waals surface area contributed by atoms with Crippen LogP contribution >= 0.6 is 0 Å². The Morgan fingerprint density at radius 1 is 0.600 bits per heavy atom. The third-order valence-electron chi connectivity index (χ3n) is 5.87. The predicted molar refractivity (Wildman–Crippen MR) is 139 cm³/mol. The third-order valence-corrected chi connectivity index (χ3v) is 5.87. The fourth-order valence-corrected chi connectivity index (χ4v) is 4.18. The number of hydrogen-bond acceptors (Lipinski definition) is 6. The zero-order valence-electron chi connectivity index (χ0n) is 20.5. The number of aromatic hydroxyl groups is 2. The highest BCUT2D eigenvalue weighted by molar-refractivity contribution is 6.04. The van der Waals surface area contributed by atoms with E-state index in [2.05, 4.69) is 0 Å². The molecule has 0 aliphatic heterocycles. The van der Waals surface area contributed by atoms with E-state index >= 15 is 0 Å². The highest BCUT2D eigenvalue weighted by Crippen LogP contribution is 2.48. The Balaban J connectivity index is 1.87. The van der Waals surface area contributed by atoms with E-state index in [0.717, 1.165) is 16.3 Å². The van der Waals surface area contributed by atoms with Gasteiger partial charge in [-0.15, -0.1) is 0 Å². The smallest absolute Gasteiger partial charge is 0.131 e. The minimum Gasteiger partial charge on any atom is -0.507 e. The van der Waals surface area contributed by atoms with Gasteiger partial charge < -0.3 is 29.2 Å². The molecule has 0 spiro atoms. The summed E-state index contributed by atoms with van der Waals surface area (Å²) in [6, 6.07) is 16.9. The first kappa shape index (κ1) is 24.6. The summed E-state index contributed by atoms with van der Waals surface area (Å²) in [5, 5.41) is 25.5. The van der Waals surface area contributed by atoms with E-state index in [1.807, 2.05) is 63.2 Å². The number of rotatable bonds is 11. The molecule has 4 aromatic rings. The Kier molecular flexibility index (Phi) is 7.95. The lowest BCUT2D eigenvalue weighted by Gasteiger charge is -2.18. The average molecular weight is 477 g/mol. The normalized spacial score (nSPS) is 11.3. The molecule has 0 saturated carbocycles. The van der Waals surface area contributed by atoms with Crippen molar-refractivity contribution >= 4 is 21.5 Å². The average Bonchev–Trinajstić information content (AvgIpc) is 2.87. The van der Waals surface area contributed by atoms with E-state index in [1.165, 1.54) is 0 Å². The summed E-state index contributed by atoms with van der Waals surface area (Å²) in [4.78, 5) is 0. The highest BCUT2D eigenvalue weighted by Gasteiger charge is 2.20. The second kappa shape index (κ2) is 11.3. The summed E-state index contributed by atoms with van der Waals surface area (Å²) in [6.07, 6.45) is 0. The zero-order valence-corrected chi connectivity index (χ0v) is 20.5. The van der Waals surface area contributed by atoms with Crippen LogP contribution in [0.15, 0.2) is 54.6 Å². The number of benzene rings is 4. The molecule has 0 aromatic heterocycles. The first-order chi connectivity index (χ1) is 17.0. The maximum absolute atomic E-state index is 11.3. The molecular weight excluding hydrogens is 444 g/mol. The largest absolute Gasteiger partial charge is 0.507 e. The Labute approximate surface area is 205 Å². The van der Waals surface area contributed by atoms with Crippen molar-refractivity contribution < 1.29 is 29.2 Å². The van der Waals surface area contributed by atoms with E-state index in [9.17, 15) is 10.2 Å². The van der Waals surface area contributed by atoms with E-state index in [4.69, 9.17) is 18.9 Å². The molecule has 0 saturated heterocycles. The van der Waals surface area contributed by atoms with Crippen LogP contribution in [0.25, 0.3) is 32.7 Å². The van der Waals surface area contributed by atoms with Gasteiger partial charge in [0.25, 0.3) is 0 Å². The molecule has 2 N–H and O–H groups in total. The fraction of sp³-hybridized carbons (Fsp3) is 0.310. The Morgan fingerprint density at radius 2 is 1.11 bits per heavy atom. The summed E-state index contributed by atoms with van der Waals surface area (Å²) in [6.45, 7) is 8.73. The molecule has 4 aromatic carbocycles. The maximum Gasteiger partial charge on any atom is 0.131 e. The maximum atomic E-state index is 11.3. The van der Waals surface area contributed by atoms with E-state index < -0.39 is 0 Å². The summed E-state index contributed by atoms with van der Waals surface area (Å²) in [5.41, 5.74) is 1.94. The Hall–Kier alpha value is -3.48. The van der Waals surface area contributed by atoms with Crippen LogP contribution in [0.1, 0.15) is 19.4 Å². The van der Waals surface area contributed by atoms with Crippen LogP contribution < -0.4 is 9.47 Å². The second-order valence-electron chi connectivity index (χ2n) is 8.23. The minimum atomic E-state index is 0.0697. The number of phenolic OH excluding ortho intramolecular Hbond substituents is 2. The van der Waals surface area contributed by atoms with Crippen LogP contribution in [0.3, 0.4) is 0 Å². The van der Waals surface area contributed by atoms with Crippen molar-refractivity contribution in [3.63, 3.8) is 0 Å². The molecule has 6 nitrogen and oxygen atoms in total. The lowest BCUT2D eigenvalue weighted by atomic mass is 9.94. The van der Waals surface area contributed by atoms with Gasteiger partial charge in [0.05, 0.1) is 13.2 Å². The topological polar surface area (TPSA) is 77.4 Å². The van der Waals surface area contributed by atoms with Crippen molar-refractivity contribution in [3.8, 4) is 34.1 Å². The van der Waals surface area contributed by atoms with Crippen molar-refractivity contribution in [2.75, 3.05) is 39.6 Å². The van der Waals surface area contributed by atoms with E-state index in [1.54, 1.807) is 12.1 Å². The summed E-state index contributed by atoms with van der Waals surface area (Å²) in [7, 11) is 0. The van der Waals surface area contributed by atoms with Gasteiger partial charge in [0.1, 0.15) is 36.2 Å². The van der Waals surface area contributed by atoms with Gasteiger partial charge in [0.15, 0.2) is 0 Å². The van der Waals surface area contributed by atoms with Crippen molar-refractivity contribution in [3.05, 3.63) is 60.2 Å². The van der Waals surface area contributed by atoms with Crippen LogP contribution in [-0.2, 0) is 9.47 Å². The first-order valence-electron chi connectivity index (χ1n) is 12.0. The predicted octanol–water partition coefficient (Wildman–Crippen LogP) is 6.21. The molecule has 0 bridgehead atoms. The van der Waals surface area contributed by atoms with Crippen LogP contribution in [0.2, 0.25) is 0 Å². The molecule has 0 heterocycles. The molecule has 0 atom stereocenters. The summed E-state index contributed by atoms with van der Waals surface area (Å²) < 4.78 is 22.9. The molecule has 0 aliphatic carbocycles. The minimum absolute atomic E-state index is 0.0697. The molecule has 0 unspecified atom stereocenters. The van der Waals surface area contributed by atoms with Crippen molar-refractivity contribution in [2.45, 2.75) is 20.8 Å². The molecule has 0 fully saturated rings. The fourth-order valence-electron chi connectivity index (χ4n) is 4.18. The van der Waals surface area contributed by atoms with Gasteiger partial charge in [-0.1, -0.05) is 42.0 Å². The van der Waals surface area contributed by atoms with Gasteiger partial charge in [0, 0.05) is 45.9 Å². The molecule has 184 valence electrons. The Bertz CT molecular complexity index is 1310. The quantitative estimate of drug-likeness (QED) is 0.251. The van der Waals surface area contributed by atoms with E-state index in [-0.39, 0.29) is 11.5 Å². The van der Waals surface area contributed by atoms with Gasteiger partial charge in [0.2, 0.25) is 0 Å². The van der Waals surface area contributed by atoms with Crippen molar-refractivity contribution in [2.24, 2.45) is 0 Å².